The third-order valence-electron chi connectivity index (χ3n) is 3.47. The maximum absolute atomic E-state index is 13.0. The maximum atomic E-state index is 13.0. The summed E-state index contributed by atoms with van der Waals surface area (Å²) in [5.41, 5.74) is -0.910. The molecule has 1 aromatic rings. The predicted octanol–water partition coefficient (Wildman–Crippen LogP) is 1.98. The van der Waals surface area contributed by atoms with Gasteiger partial charge in [-0.2, -0.15) is 17.5 Å². The molecule has 0 aliphatic carbocycles. The van der Waals surface area contributed by atoms with Crippen molar-refractivity contribution in [2.24, 2.45) is 0 Å². The number of hydrogen-bond acceptors (Lipinski definition) is 3. The van der Waals surface area contributed by atoms with Crippen molar-refractivity contribution in [3.63, 3.8) is 0 Å². The highest BCUT2D eigenvalue weighted by molar-refractivity contribution is 7.88. The van der Waals surface area contributed by atoms with Crippen LogP contribution in [0.15, 0.2) is 24.3 Å². The van der Waals surface area contributed by atoms with Crippen LogP contribution in [0.4, 0.5) is 18.9 Å². The Morgan fingerprint density at radius 3 is 2.26 bits per heavy atom. The Morgan fingerprint density at radius 1 is 1.17 bits per heavy atom. The molecule has 5 nitrogen and oxygen atoms in total. The van der Waals surface area contributed by atoms with Gasteiger partial charge in [0.25, 0.3) is 0 Å². The zero-order valence-corrected chi connectivity index (χ0v) is 13.9. The molecule has 128 valence electrons. The highest BCUT2D eigenvalue weighted by atomic mass is 32.2. The Bertz CT molecular complexity index is 684. The van der Waals surface area contributed by atoms with E-state index < -0.39 is 21.8 Å². The second kappa shape index (κ2) is 6.62. The van der Waals surface area contributed by atoms with Gasteiger partial charge in [-0.1, -0.05) is 12.1 Å². The zero-order chi connectivity index (χ0) is 17.3. The number of rotatable bonds is 2. The average Bonchev–Trinajstić information content (AvgIpc) is 2.46. The molecule has 1 aliphatic heterocycles. The molecule has 1 saturated heterocycles. The van der Waals surface area contributed by atoms with Gasteiger partial charge >= 0.3 is 6.18 Å². The van der Waals surface area contributed by atoms with E-state index in [1.807, 2.05) is 0 Å². The van der Waals surface area contributed by atoms with Gasteiger partial charge in [0.1, 0.15) is 0 Å². The molecule has 10 heteroatoms. The number of nitrogens with one attached hydrogen (secondary N) is 1. The lowest BCUT2D eigenvalue weighted by molar-refractivity contribution is -0.136. The fraction of sp³-hybridized carbons (Fsp3) is 0.462. The van der Waals surface area contributed by atoms with Gasteiger partial charge in [0.15, 0.2) is 5.11 Å². The Morgan fingerprint density at radius 2 is 1.74 bits per heavy atom. The summed E-state index contributed by atoms with van der Waals surface area (Å²) in [7, 11) is -3.27. The van der Waals surface area contributed by atoms with Crippen LogP contribution in [-0.4, -0.2) is 55.2 Å². The lowest BCUT2D eigenvalue weighted by Crippen LogP contribution is -2.51. The Kier molecular flexibility index (Phi) is 5.17. The monoisotopic (exact) mass is 367 g/mol. The minimum atomic E-state index is -4.48. The zero-order valence-electron chi connectivity index (χ0n) is 12.3. The highest BCUT2D eigenvalue weighted by Gasteiger charge is 2.33. The fourth-order valence-electron chi connectivity index (χ4n) is 2.26. The van der Waals surface area contributed by atoms with Gasteiger partial charge in [0, 0.05) is 26.2 Å². The lowest BCUT2D eigenvalue weighted by Gasteiger charge is -2.35. The van der Waals surface area contributed by atoms with Crippen molar-refractivity contribution in [2.75, 3.05) is 37.8 Å². The van der Waals surface area contributed by atoms with E-state index >= 15 is 0 Å². The number of hydrogen-bond donors (Lipinski definition) is 1. The van der Waals surface area contributed by atoms with Crippen molar-refractivity contribution in [3.05, 3.63) is 29.8 Å². The number of halogens is 3. The summed E-state index contributed by atoms with van der Waals surface area (Å²) in [4.78, 5) is 1.66. The van der Waals surface area contributed by atoms with Gasteiger partial charge in [-0.3, -0.25) is 0 Å². The molecule has 0 radical (unpaired) electrons. The SMILES string of the molecule is CS(=O)(=O)N1CCN(C(=S)Nc2ccccc2C(F)(F)F)CC1. The van der Waals surface area contributed by atoms with Crippen LogP contribution in [0.1, 0.15) is 5.56 Å². The molecule has 1 heterocycles. The molecular formula is C13H16F3N3O2S2. The molecule has 1 fully saturated rings. The summed E-state index contributed by atoms with van der Waals surface area (Å²) >= 11 is 5.15. The third kappa shape index (κ3) is 4.55. The van der Waals surface area contributed by atoms with E-state index in [9.17, 15) is 21.6 Å². The Balaban J connectivity index is 2.05. The van der Waals surface area contributed by atoms with Gasteiger partial charge < -0.3 is 10.2 Å². The first-order chi connectivity index (χ1) is 10.6. The van der Waals surface area contributed by atoms with E-state index in [4.69, 9.17) is 12.2 Å². The molecule has 0 saturated carbocycles. The largest absolute Gasteiger partial charge is 0.418 e. The maximum Gasteiger partial charge on any atom is 0.418 e. The van der Waals surface area contributed by atoms with Crippen LogP contribution >= 0.6 is 12.2 Å². The summed E-state index contributed by atoms with van der Waals surface area (Å²) in [5, 5.41) is 2.76. The predicted molar refractivity (Wildman–Crippen MR) is 85.7 cm³/mol. The number of nitrogens with zero attached hydrogens (tertiary/aromatic N) is 2. The van der Waals surface area contributed by atoms with E-state index in [2.05, 4.69) is 5.32 Å². The standard InChI is InChI=1S/C13H16F3N3O2S2/c1-23(20,21)19-8-6-18(7-9-19)12(22)17-11-5-3-2-4-10(11)13(14,15)16/h2-5H,6-9H2,1H3,(H,17,22). The molecule has 0 atom stereocenters. The fourth-order valence-corrected chi connectivity index (χ4v) is 3.38. The summed E-state index contributed by atoms with van der Waals surface area (Å²) in [6.45, 7) is 1.16. The Hall–Kier alpha value is -1.39. The smallest absolute Gasteiger partial charge is 0.346 e. The van der Waals surface area contributed by atoms with Crippen LogP contribution in [0.3, 0.4) is 0 Å². The molecule has 0 unspecified atom stereocenters. The number of alkyl halides is 3. The van der Waals surface area contributed by atoms with Crippen LogP contribution in [0.2, 0.25) is 0 Å². The van der Waals surface area contributed by atoms with Crippen LogP contribution in [0, 0.1) is 0 Å². The van der Waals surface area contributed by atoms with E-state index in [1.54, 1.807) is 4.90 Å². The van der Waals surface area contributed by atoms with Crippen molar-refractivity contribution in [2.45, 2.75) is 6.18 Å². The minimum Gasteiger partial charge on any atom is -0.346 e. The summed E-state index contributed by atoms with van der Waals surface area (Å²) < 4.78 is 63.1. The van der Waals surface area contributed by atoms with Crippen molar-refractivity contribution in [3.8, 4) is 0 Å². The number of sulfonamides is 1. The summed E-state index contributed by atoms with van der Waals surface area (Å²) in [6.07, 6.45) is -3.35. The molecule has 0 bridgehead atoms. The second-order valence-electron chi connectivity index (χ2n) is 5.12. The molecule has 0 spiro atoms. The van der Waals surface area contributed by atoms with Crippen LogP contribution in [-0.2, 0) is 16.2 Å². The first-order valence-corrected chi connectivity index (χ1v) is 9.02. The number of thiocarbonyl (C=S) groups is 1. The van der Waals surface area contributed by atoms with E-state index in [1.165, 1.54) is 22.5 Å². The molecule has 1 aromatic carbocycles. The van der Waals surface area contributed by atoms with Gasteiger partial charge in [-0.25, -0.2) is 8.42 Å². The van der Waals surface area contributed by atoms with Crippen LogP contribution < -0.4 is 5.32 Å². The minimum absolute atomic E-state index is 0.115. The summed E-state index contributed by atoms with van der Waals surface area (Å²) in [6, 6.07) is 5.08. The van der Waals surface area contributed by atoms with E-state index in [-0.39, 0.29) is 23.9 Å². The number of para-hydroxylation sites is 1. The first kappa shape index (κ1) is 18.0. The number of anilines is 1. The highest BCUT2D eigenvalue weighted by Crippen LogP contribution is 2.34. The topological polar surface area (TPSA) is 52.7 Å². The number of piperazine rings is 1. The first-order valence-electron chi connectivity index (χ1n) is 6.76. The Labute approximate surface area is 138 Å². The van der Waals surface area contributed by atoms with E-state index in [0.29, 0.717) is 13.1 Å². The number of benzene rings is 1. The van der Waals surface area contributed by atoms with Crippen molar-refractivity contribution < 1.29 is 21.6 Å². The quantitative estimate of drug-likeness (QED) is 0.810. The molecular weight excluding hydrogens is 351 g/mol. The molecule has 0 aromatic heterocycles. The van der Waals surface area contributed by atoms with Crippen LogP contribution in [0.5, 0.6) is 0 Å². The van der Waals surface area contributed by atoms with Gasteiger partial charge in [-0.05, 0) is 24.4 Å². The molecule has 0 amide bonds. The average molecular weight is 367 g/mol. The van der Waals surface area contributed by atoms with Gasteiger partial charge in [0.05, 0.1) is 17.5 Å². The van der Waals surface area contributed by atoms with Gasteiger partial charge in [0.2, 0.25) is 10.0 Å². The lowest BCUT2D eigenvalue weighted by atomic mass is 10.1. The second-order valence-corrected chi connectivity index (χ2v) is 7.49. The van der Waals surface area contributed by atoms with Gasteiger partial charge in [-0.15, -0.1) is 0 Å². The molecule has 2 rings (SSSR count). The van der Waals surface area contributed by atoms with Crippen molar-refractivity contribution in [1.29, 1.82) is 0 Å². The normalized spacial score (nSPS) is 17.1. The van der Waals surface area contributed by atoms with Crippen LogP contribution in [0.25, 0.3) is 0 Å². The van der Waals surface area contributed by atoms with Crippen molar-refractivity contribution in [1.82, 2.24) is 9.21 Å². The molecule has 1 N–H and O–H groups in total. The molecule has 23 heavy (non-hydrogen) atoms. The molecule has 1 aliphatic rings. The van der Waals surface area contributed by atoms with Crippen molar-refractivity contribution >= 4 is 33.0 Å². The van der Waals surface area contributed by atoms with E-state index in [0.717, 1.165) is 12.3 Å². The summed E-state index contributed by atoms with van der Waals surface area (Å²) in [5.74, 6) is 0. The third-order valence-corrected chi connectivity index (χ3v) is 5.13.